The molecule has 8 heteroatoms. The van der Waals surface area contributed by atoms with Gasteiger partial charge in [-0.25, -0.2) is 9.79 Å². The highest BCUT2D eigenvalue weighted by molar-refractivity contribution is 6.12. The number of halogens is 1. The average molecular weight is 482 g/mol. The molecule has 6 rings (SSSR count). The second-order valence-electron chi connectivity index (χ2n) is 9.53. The van der Waals surface area contributed by atoms with E-state index in [1.807, 2.05) is 55.5 Å². The van der Waals surface area contributed by atoms with Crippen molar-refractivity contribution in [2.75, 3.05) is 30.4 Å². The van der Waals surface area contributed by atoms with E-state index in [2.05, 4.69) is 15.5 Å². The van der Waals surface area contributed by atoms with Crippen LogP contribution in [0.4, 0.5) is 16.2 Å². The van der Waals surface area contributed by atoms with Crippen molar-refractivity contribution in [3.63, 3.8) is 0 Å². The Kier molecular flexibility index (Phi) is 7.12. The maximum absolute atomic E-state index is 13.3. The molecule has 1 saturated carbocycles. The molecule has 180 valence electrons. The lowest BCUT2D eigenvalue weighted by molar-refractivity contribution is -0.119. The van der Waals surface area contributed by atoms with Crippen LogP contribution in [0.2, 0.25) is 0 Å². The van der Waals surface area contributed by atoms with Gasteiger partial charge in [0.25, 0.3) is 5.91 Å². The van der Waals surface area contributed by atoms with E-state index in [0.29, 0.717) is 17.5 Å². The number of nitrogens with one attached hydrogen (secondary N) is 2. The number of urea groups is 1. The first-order valence-electron chi connectivity index (χ1n) is 11.8. The fraction of sp³-hybridized carbons (Fsp3) is 0.423. The lowest BCUT2D eigenvalue weighted by atomic mass is 9.84. The van der Waals surface area contributed by atoms with Crippen LogP contribution in [0.5, 0.6) is 0 Å². The van der Waals surface area contributed by atoms with Gasteiger partial charge in [-0.2, -0.15) is 0 Å². The highest BCUT2D eigenvalue weighted by Gasteiger charge is 2.36. The highest BCUT2D eigenvalue weighted by Crippen LogP contribution is 2.36. The highest BCUT2D eigenvalue weighted by atomic mass is 35.5. The number of aryl methyl sites for hydroxylation is 1. The lowest BCUT2D eigenvalue weighted by Gasteiger charge is -2.27. The van der Waals surface area contributed by atoms with Crippen molar-refractivity contribution in [3.8, 4) is 0 Å². The molecule has 2 N–H and O–H groups in total. The zero-order valence-electron chi connectivity index (χ0n) is 19.7. The van der Waals surface area contributed by atoms with Gasteiger partial charge < -0.3 is 20.4 Å². The number of aliphatic imine (C=N–C) groups is 1. The maximum atomic E-state index is 13.3. The average Bonchev–Trinajstić information content (AvgIpc) is 3.18. The van der Waals surface area contributed by atoms with E-state index in [1.54, 1.807) is 11.9 Å². The van der Waals surface area contributed by atoms with Crippen molar-refractivity contribution in [1.29, 1.82) is 0 Å². The quantitative estimate of drug-likeness (QED) is 0.667. The molecule has 3 aliphatic heterocycles. The number of anilines is 2. The standard InChI is InChI=1S/C26H31N5O2.ClH/c1-17-6-5-7-20(14-17)27-26(33)29-23-25(32)30(2)22-9-4-3-8-21(22)24(28-23)31-15-18-10-11-19(16-31)13-12-18;/h3-9,14,18-19,23H,10-13,15-16H2,1-2H3,(H2,27,29,33);1H/t18?,19?,23-;/m0./s1. The summed E-state index contributed by atoms with van der Waals surface area (Å²) < 4.78 is 0. The molecule has 2 bridgehead atoms. The fourth-order valence-electron chi connectivity index (χ4n) is 5.33. The first-order valence-corrected chi connectivity index (χ1v) is 11.8. The van der Waals surface area contributed by atoms with E-state index in [4.69, 9.17) is 4.99 Å². The number of carbonyl (C=O) groups excluding carboxylic acids is 2. The van der Waals surface area contributed by atoms with E-state index in [0.717, 1.165) is 35.7 Å². The van der Waals surface area contributed by atoms with Crippen LogP contribution in [0.15, 0.2) is 53.5 Å². The number of para-hydroxylation sites is 1. The van der Waals surface area contributed by atoms with E-state index in [9.17, 15) is 9.59 Å². The Bertz CT molecular complexity index is 1080. The summed E-state index contributed by atoms with van der Waals surface area (Å²) in [5.41, 5.74) is 3.49. The smallest absolute Gasteiger partial charge is 0.321 e. The number of amides is 3. The third-order valence-corrected chi connectivity index (χ3v) is 7.09. The molecule has 3 heterocycles. The van der Waals surface area contributed by atoms with Gasteiger partial charge >= 0.3 is 6.03 Å². The molecule has 0 spiro atoms. The van der Waals surface area contributed by atoms with Crippen molar-refractivity contribution >= 4 is 41.6 Å². The first kappa shape index (κ1) is 24.1. The summed E-state index contributed by atoms with van der Waals surface area (Å²) in [7, 11) is 1.75. The number of nitrogens with zero attached hydrogens (tertiary/aromatic N) is 3. The van der Waals surface area contributed by atoms with Crippen LogP contribution in [-0.2, 0) is 4.79 Å². The predicted molar refractivity (Wildman–Crippen MR) is 138 cm³/mol. The largest absolute Gasteiger partial charge is 0.356 e. The van der Waals surface area contributed by atoms with E-state index < -0.39 is 12.2 Å². The lowest BCUT2D eigenvalue weighted by Crippen LogP contribution is -2.47. The zero-order valence-corrected chi connectivity index (χ0v) is 20.5. The Labute approximate surface area is 207 Å². The monoisotopic (exact) mass is 481 g/mol. The molecule has 2 aromatic rings. The summed E-state index contributed by atoms with van der Waals surface area (Å²) in [6.45, 7) is 3.86. The summed E-state index contributed by atoms with van der Waals surface area (Å²) in [4.78, 5) is 35.0. The van der Waals surface area contributed by atoms with Gasteiger partial charge in [0.2, 0.25) is 6.17 Å². The topological polar surface area (TPSA) is 77.0 Å². The van der Waals surface area contributed by atoms with Crippen LogP contribution in [-0.4, -0.2) is 49.0 Å². The van der Waals surface area contributed by atoms with Crippen molar-refractivity contribution in [2.45, 2.75) is 38.8 Å². The van der Waals surface area contributed by atoms with Crippen LogP contribution in [0.3, 0.4) is 0 Å². The third kappa shape index (κ3) is 4.89. The Balaban J connectivity index is 0.00000274. The van der Waals surface area contributed by atoms with Crippen molar-refractivity contribution < 1.29 is 9.59 Å². The zero-order chi connectivity index (χ0) is 22.9. The summed E-state index contributed by atoms with van der Waals surface area (Å²) in [5.74, 6) is 1.87. The van der Waals surface area contributed by atoms with Gasteiger partial charge in [0, 0.05) is 31.4 Å². The summed E-state index contributed by atoms with van der Waals surface area (Å²) in [6.07, 6.45) is 4.04. The molecule has 1 atom stereocenters. The maximum Gasteiger partial charge on any atom is 0.321 e. The molecule has 3 fully saturated rings. The Hall–Kier alpha value is -3.06. The normalized spacial score (nSPS) is 23.8. The van der Waals surface area contributed by atoms with Crippen LogP contribution in [0.25, 0.3) is 0 Å². The Morgan fingerprint density at radius 2 is 1.68 bits per heavy atom. The number of benzene rings is 2. The van der Waals surface area contributed by atoms with Gasteiger partial charge in [-0.3, -0.25) is 4.79 Å². The van der Waals surface area contributed by atoms with Gasteiger partial charge in [-0.1, -0.05) is 24.3 Å². The second-order valence-corrected chi connectivity index (χ2v) is 9.53. The number of hydrogen-bond acceptors (Lipinski definition) is 4. The molecule has 2 saturated heterocycles. The van der Waals surface area contributed by atoms with E-state index in [-0.39, 0.29) is 18.3 Å². The molecular formula is C26H32ClN5O2. The molecule has 0 radical (unpaired) electrons. The van der Waals surface area contributed by atoms with Gasteiger partial charge in [0.05, 0.1) is 5.69 Å². The van der Waals surface area contributed by atoms with Crippen molar-refractivity contribution in [3.05, 3.63) is 59.7 Å². The molecular weight excluding hydrogens is 450 g/mol. The molecule has 34 heavy (non-hydrogen) atoms. The number of likely N-dealkylation sites (N-methyl/N-ethyl adjacent to an activating group) is 1. The minimum Gasteiger partial charge on any atom is -0.356 e. The van der Waals surface area contributed by atoms with E-state index in [1.165, 1.54) is 25.7 Å². The van der Waals surface area contributed by atoms with Gasteiger partial charge in [0.1, 0.15) is 5.84 Å². The van der Waals surface area contributed by atoms with Gasteiger partial charge in [-0.05, 0) is 74.3 Å². The molecule has 3 amide bonds. The van der Waals surface area contributed by atoms with Gasteiger partial charge in [-0.15, -0.1) is 12.4 Å². The molecule has 0 aromatic heterocycles. The Morgan fingerprint density at radius 1 is 1.00 bits per heavy atom. The van der Waals surface area contributed by atoms with Crippen LogP contribution < -0.4 is 15.5 Å². The van der Waals surface area contributed by atoms with Gasteiger partial charge in [0.15, 0.2) is 0 Å². The minimum absolute atomic E-state index is 0. The third-order valence-electron chi connectivity index (χ3n) is 7.09. The summed E-state index contributed by atoms with van der Waals surface area (Å²) >= 11 is 0. The number of amidine groups is 1. The molecule has 4 aliphatic rings. The number of rotatable bonds is 2. The second kappa shape index (κ2) is 10.1. The van der Waals surface area contributed by atoms with Crippen molar-refractivity contribution in [1.82, 2.24) is 10.2 Å². The first-order chi connectivity index (χ1) is 16.0. The minimum atomic E-state index is -0.997. The SMILES string of the molecule is Cc1cccc(NC(=O)N[C@@H]2N=C(N3CC4CCC(CC4)C3)c3ccccc3N(C)C2=O)c1.Cl. The Morgan fingerprint density at radius 3 is 2.35 bits per heavy atom. The molecule has 1 aliphatic carbocycles. The number of fused-ring (bicyclic) bond motifs is 5. The molecule has 2 aromatic carbocycles. The van der Waals surface area contributed by atoms with Crippen LogP contribution in [0, 0.1) is 18.8 Å². The van der Waals surface area contributed by atoms with Crippen LogP contribution >= 0.6 is 12.4 Å². The number of benzodiazepines with no additional fused rings is 1. The predicted octanol–water partition coefficient (Wildman–Crippen LogP) is 4.41. The van der Waals surface area contributed by atoms with E-state index >= 15 is 0 Å². The summed E-state index contributed by atoms with van der Waals surface area (Å²) in [5, 5.41) is 5.64. The number of hydrogen-bond donors (Lipinski definition) is 2. The fourth-order valence-corrected chi connectivity index (χ4v) is 5.33. The molecule has 0 unspecified atom stereocenters. The number of carbonyl (C=O) groups is 2. The van der Waals surface area contributed by atoms with Crippen LogP contribution in [0.1, 0.15) is 36.8 Å². The van der Waals surface area contributed by atoms with Crippen molar-refractivity contribution in [2.24, 2.45) is 16.8 Å². The molecule has 7 nitrogen and oxygen atoms in total. The summed E-state index contributed by atoms with van der Waals surface area (Å²) in [6, 6.07) is 15.0.